The SMILES string of the molecule is CC(C)(C)C(Cl)c1sccc1Cl. The van der Waals surface area contributed by atoms with Crippen LogP contribution in [0.15, 0.2) is 11.4 Å². The zero-order valence-corrected chi connectivity index (χ0v) is 9.72. The predicted molar refractivity (Wildman–Crippen MR) is 57.4 cm³/mol. The summed E-state index contributed by atoms with van der Waals surface area (Å²) in [7, 11) is 0. The first-order valence-electron chi connectivity index (χ1n) is 3.80. The summed E-state index contributed by atoms with van der Waals surface area (Å²) in [4.78, 5) is 1.07. The third kappa shape index (κ3) is 2.15. The topological polar surface area (TPSA) is 0 Å². The summed E-state index contributed by atoms with van der Waals surface area (Å²) >= 11 is 13.8. The molecule has 1 atom stereocenters. The van der Waals surface area contributed by atoms with Gasteiger partial charge in [0.05, 0.1) is 10.4 Å². The monoisotopic (exact) mass is 222 g/mol. The van der Waals surface area contributed by atoms with Crippen LogP contribution in [-0.4, -0.2) is 0 Å². The number of hydrogen-bond acceptors (Lipinski definition) is 1. The molecule has 1 aromatic heterocycles. The van der Waals surface area contributed by atoms with Gasteiger partial charge in [0.15, 0.2) is 0 Å². The lowest BCUT2D eigenvalue weighted by molar-refractivity contribution is 0.399. The molecule has 0 N–H and O–H groups in total. The number of rotatable bonds is 1. The fourth-order valence-corrected chi connectivity index (χ4v) is 2.59. The Hall–Kier alpha value is 0.280. The van der Waals surface area contributed by atoms with Gasteiger partial charge in [0.2, 0.25) is 0 Å². The zero-order valence-electron chi connectivity index (χ0n) is 7.40. The Kier molecular flexibility index (Phi) is 3.08. The molecule has 0 saturated heterocycles. The van der Waals surface area contributed by atoms with Gasteiger partial charge in [-0.05, 0) is 16.9 Å². The van der Waals surface area contributed by atoms with E-state index in [1.807, 2.05) is 11.4 Å². The molecule has 1 unspecified atom stereocenters. The van der Waals surface area contributed by atoms with Crippen molar-refractivity contribution in [2.45, 2.75) is 26.1 Å². The summed E-state index contributed by atoms with van der Waals surface area (Å²) in [6, 6.07) is 1.89. The minimum atomic E-state index is 0.00463. The Morgan fingerprint density at radius 3 is 2.33 bits per heavy atom. The lowest BCUT2D eigenvalue weighted by Crippen LogP contribution is -2.12. The molecule has 0 spiro atoms. The van der Waals surface area contributed by atoms with Crippen LogP contribution in [0.4, 0.5) is 0 Å². The van der Waals surface area contributed by atoms with Gasteiger partial charge in [0.1, 0.15) is 0 Å². The van der Waals surface area contributed by atoms with Crippen molar-refractivity contribution >= 4 is 34.5 Å². The molecule has 1 aromatic rings. The second-order valence-corrected chi connectivity index (χ2v) is 5.65. The molecule has 0 aliphatic rings. The van der Waals surface area contributed by atoms with Crippen molar-refractivity contribution < 1.29 is 0 Å². The van der Waals surface area contributed by atoms with Crippen LogP contribution < -0.4 is 0 Å². The molecule has 0 bridgehead atoms. The van der Waals surface area contributed by atoms with E-state index in [4.69, 9.17) is 23.2 Å². The largest absolute Gasteiger partial charge is 0.146 e. The fourth-order valence-electron chi connectivity index (χ4n) is 0.880. The highest BCUT2D eigenvalue weighted by Crippen LogP contribution is 2.43. The summed E-state index contributed by atoms with van der Waals surface area (Å²) in [5.41, 5.74) is 0.0655. The molecule has 1 rings (SSSR count). The van der Waals surface area contributed by atoms with Crippen molar-refractivity contribution in [3.05, 3.63) is 21.3 Å². The Bertz CT molecular complexity index is 260. The van der Waals surface area contributed by atoms with Gasteiger partial charge in [0, 0.05) is 4.88 Å². The van der Waals surface area contributed by atoms with E-state index >= 15 is 0 Å². The quantitative estimate of drug-likeness (QED) is 0.604. The van der Waals surface area contributed by atoms with Gasteiger partial charge < -0.3 is 0 Å². The molecular formula is C9H12Cl2S. The van der Waals surface area contributed by atoms with E-state index in [0.717, 1.165) is 9.90 Å². The number of hydrogen-bond donors (Lipinski definition) is 0. The lowest BCUT2D eigenvalue weighted by atomic mass is 9.91. The molecule has 0 aliphatic heterocycles. The van der Waals surface area contributed by atoms with Gasteiger partial charge in [-0.1, -0.05) is 32.4 Å². The molecule has 0 aliphatic carbocycles. The van der Waals surface area contributed by atoms with Crippen molar-refractivity contribution in [1.29, 1.82) is 0 Å². The number of thiophene rings is 1. The Balaban J connectivity index is 2.92. The molecule has 1 heterocycles. The van der Waals surface area contributed by atoms with Gasteiger partial charge in [-0.2, -0.15) is 0 Å². The number of halogens is 2. The lowest BCUT2D eigenvalue weighted by Gasteiger charge is -2.24. The Morgan fingerprint density at radius 1 is 1.42 bits per heavy atom. The average molecular weight is 223 g/mol. The molecule has 68 valence electrons. The van der Waals surface area contributed by atoms with Crippen LogP contribution in [0.1, 0.15) is 31.0 Å². The second-order valence-electron chi connectivity index (χ2n) is 3.86. The molecular weight excluding hydrogens is 211 g/mol. The van der Waals surface area contributed by atoms with Crippen LogP contribution in [0, 0.1) is 5.41 Å². The van der Waals surface area contributed by atoms with E-state index in [-0.39, 0.29) is 10.8 Å². The van der Waals surface area contributed by atoms with E-state index in [1.165, 1.54) is 0 Å². The van der Waals surface area contributed by atoms with Crippen LogP contribution in [-0.2, 0) is 0 Å². The summed E-state index contributed by atoms with van der Waals surface area (Å²) in [6.45, 7) is 6.34. The van der Waals surface area contributed by atoms with Crippen LogP contribution in [0.25, 0.3) is 0 Å². The summed E-state index contributed by atoms with van der Waals surface area (Å²) < 4.78 is 0. The maximum Gasteiger partial charge on any atom is 0.0741 e. The number of alkyl halides is 1. The van der Waals surface area contributed by atoms with Gasteiger partial charge in [-0.25, -0.2) is 0 Å². The third-order valence-corrected chi connectivity index (χ3v) is 4.06. The molecule has 0 amide bonds. The predicted octanol–water partition coefficient (Wildman–Crippen LogP) is 4.73. The zero-order chi connectivity index (χ0) is 9.35. The van der Waals surface area contributed by atoms with Crippen molar-refractivity contribution in [2.24, 2.45) is 5.41 Å². The van der Waals surface area contributed by atoms with E-state index in [0.29, 0.717) is 0 Å². The van der Waals surface area contributed by atoms with E-state index in [2.05, 4.69) is 20.8 Å². The van der Waals surface area contributed by atoms with E-state index in [9.17, 15) is 0 Å². The molecule has 12 heavy (non-hydrogen) atoms. The molecule has 0 saturated carbocycles. The summed E-state index contributed by atoms with van der Waals surface area (Å²) in [5, 5.41) is 2.76. The van der Waals surface area contributed by atoms with Crippen LogP contribution >= 0.6 is 34.5 Å². The van der Waals surface area contributed by atoms with Gasteiger partial charge >= 0.3 is 0 Å². The summed E-state index contributed by atoms with van der Waals surface area (Å²) in [6.07, 6.45) is 0. The molecule has 3 heteroatoms. The first kappa shape index (κ1) is 10.4. The van der Waals surface area contributed by atoms with E-state index in [1.54, 1.807) is 11.3 Å². The minimum absolute atomic E-state index is 0.00463. The molecule has 0 radical (unpaired) electrons. The highest BCUT2D eigenvalue weighted by Gasteiger charge is 2.26. The van der Waals surface area contributed by atoms with Crippen molar-refractivity contribution in [2.75, 3.05) is 0 Å². The van der Waals surface area contributed by atoms with Gasteiger partial charge in [0.25, 0.3) is 0 Å². The van der Waals surface area contributed by atoms with Gasteiger partial charge in [-0.3, -0.25) is 0 Å². The second kappa shape index (κ2) is 3.57. The van der Waals surface area contributed by atoms with Crippen LogP contribution in [0.2, 0.25) is 5.02 Å². The normalized spacial score (nSPS) is 14.8. The highest BCUT2D eigenvalue weighted by atomic mass is 35.5. The van der Waals surface area contributed by atoms with Crippen LogP contribution in [0.3, 0.4) is 0 Å². The Labute approximate surface area is 87.5 Å². The smallest absolute Gasteiger partial charge is 0.0741 e. The maximum atomic E-state index is 6.25. The van der Waals surface area contributed by atoms with Crippen molar-refractivity contribution in [1.82, 2.24) is 0 Å². The maximum absolute atomic E-state index is 6.25. The highest BCUT2D eigenvalue weighted by molar-refractivity contribution is 7.11. The Morgan fingerprint density at radius 2 is 2.00 bits per heavy atom. The average Bonchev–Trinajstić information content (AvgIpc) is 2.31. The summed E-state index contributed by atoms with van der Waals surface area (Å²) in [5.74, 6) is 0. The standard InChI is InChI=1S/C9H12Cl2S/c1-9(2,3)8(11)7-6(10)4-5-12-7/h4-5,8H,1-3H3. The van der Waals surface area contributed by atoms with Crippen molar-refractivity contribution in [3.8, 4) is 0 Å². The van der Waals surface area contributed by atoms with Crippen molar-refractivity contribution in [3.63, 3.8) is 0 Å². The minimum Gasteiger partial charge on any atom is -0.146 e. The first-order valence-corrected chi connectivity index (χ1v) is 5.49. The fraction of sp³-hybridized carbons (Fsp3) is 0.556. The van der Waals surface area contributed by atoms with E-state index < -0.39 is 0 Å². The molecule has 0 fully saturated rings. The molecule has 0 aromatic carbocycles. The van der Waals surface area contributed by atoms with Gasteiger partial charge in [-0.15, -0.1) is 22.9 Å². The molecule has 0 nitrogen and oxygen atoms in total. The third-order valence-electron chi connectivity index (χ3n) is 1.64. The van der Waals surface area contributed by atoms with Crippen LogP contribution in [0.5, 0.6) is 0 Å². The first-order chi connectivity index (χ1) is 5.43.